The Kier molecular flexibility index (Phi) is 6.07. The van der Waals surface area contributed by atoms with Crippen LogP contribution in [-0.2, 0) is 0 Å². The summed E-state index contributed by atoms with van der Waals surface area (Å²) in [5.41, 5.74) is 0. The molecule has 0 aromatic rings. The standard InChI is InChI=1S/C9H20N2S/c1-5-6-10-9(12)11-8(4)7(2)3/h7-8H,5-6H2,1-4H3,(H2,10,11,12). The molecule has 0 amide bonds. The van der Waals surface area contributed by atoms with Crippen LogP contribution in [0.3, 0.4) is 0 Å². The largest absolute Gasteiger partial charge is 0.363 e. The quantitative estimate of drug-likeness (QED) is 0.659. The Hall–Kier alpha value is -0.310. The molecule has 12 heavy (non-hydrogen) atoms. The molecule has 0 aliphatic carbocycles. The van der Waals surface area contributed by atoms with Gasteiger partial charge in [0, 0.05) is 12.6 Å². The topological polar surface area (TPSA) is 24.1 Å². The van der Waals surface area contributed by atoms with Gasteiger partial charge in [0.2, 0.25) is 0 Å². The Bertz CT molecular complexity index is 134. The van der Waals surface area contributed by atoms with Gasteiger partial charge >= 0.3 is 0 Å². The summed E-state index contributed by atoms with van der Waals surface area (Å²) in [5, 5.41) is 7.15. The summed E-state index contributed by atoms with van der Waals surface area (Å²) >= 11 is 5.09. The van der Waals surface area contributed by atoms with Gasteiger partial charge in [-0.2, -0.15) is 0 Å². The summed E-state index contributed by atoms with van der Waals surface area (Å²) in [6, 6.07) is 0.446. The van der Waals surface area contributed by atoms with Crippen LogP contribution in [0.2, 0.25) is 0 Å². The second-order valence-electron chi connectivity index (χ2n) is 3.43. The Morgan fingerprint density at radius 1 is 1.33 bits per heavy atom. The maximum Gasteiger partial charge on any atom is 0.166 e. The van der Waals surface area contributed by atoms with Crippen molar-refractivity contribution in [2.45, 2.75) is 40.2 Å². The summed E-state index contributed by atoms with van der Waals surface area (Å²) in [7, 11) is 0. The fraction of sp³-hybridized carbons (Fsp3) is 0.889. The van der Waals surface area contributed by atoms with Crippen LogP contribution in [0, 0.1) is 5.92 Å². The fourth-order valence-corrected chi connectivity index (χ4v) is 0.951. The molecular formula is C9H20N2S. The SMILES string of the molecule is CCCNC(=S)NC(C)C(C)C. The zero-order chi connectivity index (χ0) is 9.56. The van der Waals surface area contributed by atoms with Crippen molar-refractivity contribution in [3.05, 3.63) is 0 Å². The Morgan fingerprint density at radius 2 is 1.92 bits per heavy atom. The molecule has 72 valence electrons. The van der Waals surface area contributed by atoms with E-state index < -0.39 is 0 Å². The third-order valence-electron chi connectivity index (χ3n) is 1.89. The minimum absolute atomic E-state index is 0.446. The molecule has 0 saturated carbocycles. The van der Waals surface area contributed by atoms with Crippen molar-refractivity contribution in [1.29, 1.82) is 0 Å². The van der Waals surface area contributed by atoms with E-state index in [1.807, 2.05) is 0 Å². The summed E-state index contributed by atoms with van der Waals surface area (Å²) in [4.78, 5) is 0. The molecule has 0 heterocycles. The lowest BCUT2D eigenvalue weighted by molar-refractivity contribution is 0.484. The van der Waals surface area contributed by atoms with Crippen molar-refractivity contribution in [2.24, 2.45) is 5.92 Å². The highest BCUT2D eigenvalue weighted by Crippen LogP contribution is 1.98. The zero-order valence-corrected chi connectivity index (χ0v) is 9.29. The number of rotatable bonds is 4. The lowest BCUT2D eigenvalue weighted by Gasteiger charge is -2.19. The molecule has 0 radical (unpaired) electrons. The van der Waals surface area contributed by atoms with Gasteiger partial charge in [-0.3, -0.25) is 0 Å². The first kappa shape index (κ1) is 11.7. The van der Waals surface area contributed by atoms with Crippen LogP contribution in [0.25, 0.3) is 0 Å². The fourth-order valence-electron chi connectivity index (χ4n) is 0.663. The summed E-state index contributed by atoms with van der Waals surface area (Å²) in [6.45, 7) is 9.59. The van der Waals surface area contributed by atoms with Gasteiger partial charge in [0.25, 0.3) is 0 Å². The maximum atomic E-state index is 5.09. The maximum absolute atomic E-state index is 5.09. The van der Waals surface area contributed by atoms with Crippen molar-refractivity contribution in [3.8, 4) is 0 Å². The predicted octanol–water partition coefficient (Wildman–Crippen LogP) is 1.91. The Morgan fingerprint density at radius 3 is 2.33 bits per heavy atom. The Balaban J connectivity index is 3.54. The average molecular weight is 188 g/mol. The van der Waals surface area contributed by atoms with Crippen LogP contribution in [0.15, 0.2) is 0 Å². The van der Waals surface area contributed by atoms with Gasteiger partial charge in [-0.15, -0.1) is 0 Å². The molecule has 3 heteroatoms. The van der Waals surface area contributed by atoms with E-state index in [2.05, 4.69) is 38.3 Å². The molecule has 0 aliphatic heterocycles. The summed E-state index contributed by atoms with van der Waals surface area (Å²) in [5.74, 6) is 0.617. The average Bonchev–Trinajstić information content (AvgIpc) is 2.00. The molecule has 0 aromatic carbocycles. The van der Waals surface area contributed by atoms with Gasteiger partial charge in [0.15, 0.2) is 5.11 Å². The Labute approximate surface area is 81.1 Å². The molecule has 0 aliphatic rings. The van der Waals surface area contributed by atoms with Gasteiger partial charge in [0.1, 0.15) is 0 Å². The van der Waals surface area contributed by atoms with Gasteiger partial charge in [-0.1, -0.05) is 20.8 Å². The van der Waals surface area contributed by atoms with Gasteiger partial charge in [-0.05, 0) is 31.5 Å². The highest BCUT2D eigenvalue weighted by atomic mass is 32.1. The molecule has 1 atom stereocenters. The highest BCUT2D eigenvalue weighted by molar-refractivity contribution is 7.80. The number of hydrogen-bond donors (Lipinski definition) is 2. The first-order chi connectivity index (χ1) is 5.57. The van der Waals surface area contributed by atoms with Crippen molar-refractivity contribution >= 4 is 17.3 Å². The lowest BCUT2D eigenvalue weighted by Crippen LogP contribution is -2.42. The molecule has 0 bridgehead atoms. The normalized spacial score (nSPS) is 12.8. The van der Waals surface area contributed by atoms with Gasteiger partial charge < -0.3 is 10.6 Å². The first-order valence-electron chi connectivity index (χ1n) is 4.62. The minimum atomic E-state index is 0.446. The number of thiocarbonyl (C=S) groups is 1. The van der Waals surface area contributed by atoms with E-state index in [1.54, 1.807) is 0 Å². The molecule has 1 unspecified atom stereocenters. The minimum Gasteiger partial charge on any atom is -0.363 e. The monoisotopic (exact) mass is 188 g/mol. The van der Waals surface area contributed by atoms with Crippen LogP contribution in [0.4, 0.5) is 0 Å². The number of nitrogens with one attached hydrogen (secondary N) is 2. The van der Waals surface area contributed by atoms with E-state index in [1.165, 1.54) is 0 Å². The van der Waals surface area contributed by atoms with E-state index in [0.717, 1.165) is 18.1 Å². The second kappa shape index (κ2) is 6.23. The zero-order valence-electron chi connectivity index (χ0n) is 8.48. The van der Waals surface area contributed by atoms with Crippen molar-refractivity contribution in [2.75, 3.05) is 6.54 Å². The molecule has 0 fully saturated rings. The van der Waals surface area contributed by atoms with Crippen molar-refractivity contribution in [3.63, 3.8) is 0 Å². The third kappa shape index (κ3) is 5.35. The molecule has 2 N–H and O–H groups in total. The molecule has 0 rings (SSSR count). The van der Waals surface area contributed by atoms with E-state index in [9.17, 15) is 0 Å². The van der Waals surface area contributed by atoms with Crippen LogP contribution in [0.5, 0.6) is 0 Å². The van der Waals surface area contributed by atoms with Gasteiger partial charge in [0.05, 0.1) is 0 Å². The van der Waals surface area contributed by atoms with Crippen LogP contribution in [-0.4, -0.2) is 17.7 Å². The van der Waals surface area contributed by atoms with Crippen molar-refractivity contribution < 1.29 is 0 Å². The molecule has 0 aromatic heterocycles. The second-order valence-corrected chi connectivity index (χ2v) is 3.84. The summed E-state index contributed by atoms with van der Waals surface area (Å²) < 4.78 is 0. The third-order valence-corrected chi connectivity index (χ3v) is 2.16. The van der Waals surface area contributed by atoms with Gasteiger partial charge in [-0.25, -0.2) is 0 Å². The number of hydrogen-bond acceptors (Lipinski definition) is 1. The highest BCUT2D eigenvalue weighted by Gasteiger charge is 2.06. The van der Waals surface area contributed by atoms with Crippen LogP contribution < -0.4 is 10.6 Å². The smallest absolute Gasteiger partial charge is 0.166 e. The van der Waals surface area contributed by atoms with Crippen LogP contribution in [0.1, 0.15) is 34.1 Å². The van der Waals surface area contributed by atoms with E-state index >= 15 is 0 Å². The van der Waals surface area contributed by atoms with E-state index in [0.29, 0.717) is 12.0 Å². The van der Waals surface area contributed by atoms with Crippen molar-refractivity contribution in [1.82, 2.24) is 10.6 Å². The van der Waals surface area contributed by atoms with E-state index in [-0.39, 0.29) is 0 Å². The van der Waals surface area contributed by atoms with E-state index in [4.69, 9.17) is 12.2 Å². The lowest BCUT2D eigenvalue weighted by atomic mass is 10.1. The van der Waals surface area contributed by atoms with Crippen LogP contribution >= 0.6 is 12.2 Å². The molecule has 2 nitrogen and oxygen atoms in total. The predicted molar refractivity (Wildman–Crippen MR) is 58.3 cm³/mol. The summed E-state index contributed by atoms with van der Waals surface area (Å²) in [6.07, 6.45) is 1.11. The molecule has 0 spiro atoms. The molecule has 0 saturated heterocycles. The first-order valence-corrected chi connectivity index (χ1v) is 5.03. The molecular weight excluding hydrogens is 168 g/mol.